The van der Waals surface area contributed by atoms with Gasteiger partial charge in [-0.2, -0.15) is 0 Å². The van der Waals surface area contributed by atoms with Crippen molar-refractivity contribution in [1.29, 1.82) is 0 Å². The van der Waals surface area contributed by atoms with Crippen LogP contribution < -0.4 is 11.1 Å². The summed E-state index contributed by atoms with van der Waals surface area (Å²) in [7, 11) is 0. The topological polar surface area (TPSA) is 55.1 Å². The van der Waals surface area contributed by atoms with Gasteiger partial charge in [-0.1, -0.05) is 22.9 Å². The molecule has 1 amide bonds. The van der Waals surface area contributed by atoms with Gasteiger partial charge in [-0.25, -0.2) is 0 Å². The van der Waals surface area contributed by atoms with Crippen LogP contribution in [-0.2, 0) is 4.79 Å². The molecule has 0 atom stereocenters. The van der Waals surface area contributed by atoms with E-state index in [1.807, 2.05) is 32.0 Å². The highest BCUT2D eigenvalue weighted by molar-refractivity contribution is 9.10. The van der Waals surface area contributed by atoms with Gasteiger partial charge in [-0.05, 0) is 38.5 Å². The molecule has 0 saturated heterocycles. The van der Waals surface area contributed by atoms with Gasteiger partial charge in [0.2, 0.25) is 5.91 Å². The lowest BCUT2D eigenvalue weighted by atomic mass is 10.0. The van der Waals surface area contributed by atoms with E-state index in [1.165, 1.54) is 11.8 Å². The first-order valence-electron chi connectivity index (χ1n) is 5.83. The summed E-state index contributed by atoms with van der Waals surface area (Å²) in [5.41, 5.74) is 6.40. The van der Waals surface area contributed by atoms with Crippen molar-refractivity contribution in [2.75, 3.05) is 11.5 Å². The third-order valence-corrected chi connectivity index (χ3v) is 4.26. The minimum Gasteiger partial charge on any atom is -0.398 e. The summed E-state index contributed by atoms with van der Waals surface area (Å²) in [6.45, 7) is 6.09. The van der Waals surface area contributed by atoms with Crippen molar-refractivity contribution in [3.05, 3.63) is 22.7 Å². The van der Waals surface area contributed by atoms with Gasteiger partial charge in [0, 0.05) is 20.6 Å². The number of nitrogen functional groups attached to an aromatic ring is 1. The molecule has 0 saturated carbocycles. The normalized spacial score (nSPS) is 11.3. The van der Waals surface area contributed by atoms with Crippen LogP contribution in [0.15, 0.2) is 27.6 Å². The van der Waals surface area contributed by atoms with Gasteiger partial charge in [0.1, 0.15) is 0 Å². The highest BCUT2D eigenvalue weighted by Crippen LogP contribution is 2.28. The molecule has 0 bridgehead atoms. The first-order valence-corrected chi connectivity index (χ1v) is 7.61. The SMILES string of the molecule is CCC(C)(C)NC(=O)CSc1cc(Br)ccc1N. The van der Waals surface area contributed by atoms with E-state index in [-0.39, 0.29) is 11.4 Å². The summed E-state index contributed by atoms with van der Waals surface area (Å²) in [5.74, 6) is 0.413. The Kier molecular flexibility index (Phi) is 5.53. The van der Waals surface area contributed by atoms with Crippen LogP contribution in [0, 0.1) is 0 Å². The molecule has 0 heterocycles. The van der Waals surface area contributed by atoms with E-state index in [9.17, 15) is 4.79 Å². The lowest BCUT2D eigenvalue weighted by Gasteiger charge is -2.24. The number of halogens is 1. The first-order chi connectivity index (χ1) is 8.34. The Bertz CT molecular complexity index is 435. The second kappa shape index (κ2) is 6.48. The molecule has 1 aromatic carbocycles. The Morgan fingerprint density at radius 2 is 2.17 bits per heavy atom. The highest BCUT2D eigenvalue weighted by Gasteiger charge is 2.17. The average Bonchev–Trinajstić information content (AvgIpc) is 2.30. The molecule has 3 N–H and O–H groups in total. The van der Waals surface area contributed by atoms with Crippen LogP contribution in [0.3, 0.4) is 0 Å². The molecule has 5 heteroatoms. The maximum absolute atomic E-state index is 11.8. The van der Waals surface area contributed by atoms with Crippen molar-refractivity contribution in [3.63, 3.8) is 0 Å². The maximum Gasteiger partial charge on any atom is 0.230 e. The number of thioether (sulfide) groups is 1. The molecular weight excluding hydrogens is 312 g/mol. The average molecular weight is 331 g/mol. The molecule has 0 aliphatic heterocycles. The Morgan fingerprint density at radius 3 is 2.78 bits per heavy atom. The van der Waals surface area contributed by atoms with E-state index in [2.05, 4.69) is 28.2 Å². The Labute approximate surface area is 121 Å². The number of anilines is 1. The van der Waals surface area contributed by atoms with Crippen LogP contribution in [0.5, 0.6) is 0 Å². The number of amides is 1. The predicted octanol–water partition coefficient (Wildman–Crippen LogP) is 3.43. The Morgan fingerprint density at radius 1 is 1.50 bits per heavy atom. The molecule has 0 fully saturated rings. The fourth-order valence-electron chi connectivity index (χ4n) is 1.28. The molecule has 18 heavy (non-hydrogen) atoms. The zero-order valence-electron chi connectivity index (χ0n) is 10.9. The number of nitrogens with one attached hydrogen (secondary N) is 1. The van der Waals surface area contributed by atoms with Gasteiger partial charge in [0.15, 0.2) is 0 Å². The number of nitrogens with two attached hydrogens (primary N) is 1. The molecule has 0 aliphatic carbocycles. The van der Waals surface area contributed by atoms with Gasteiger partial charge < -0.3 is 11.1 Å². The van der Waals surface area contributed by atoms with Crippen molar-refractivity contribution >= 4 is 39.3 Å². The lowest BCUT2D eigenvalue weighted by molar-refractivity contribution is -0.120. The summed E-state index contributed by atoms with van der Waals surface area (Å²) < 4.78 is 0.966. The number of carbonyl (C=O) groups is 1. The van der Waals surface area contributed by atoms with E-state index in [1.54, 1.807) is 0 Å². The summed E-state index contributed by atoms with van der Waals surface area (Å²) >= 11 is 4.85. The highest BCUT2D eigenvalue weighted by atomic mass is 79.9. The smallest absolute Gasteiger partial charge is 0.230 e. The standard InChI is InChI=1S/C13H19BrN2OS/c1-4-13(2,3)16-12(17)8-18-11-7-9(14)5-6-10(11)15/h5-7H,4,8,15H2,1-3H3,(H,16,17). The largest absolute Gasteiger partial charge is 0.398 e. The van der Waals surface area contributed by atoms with Crippen molar-refractivity contribution < 1.29 is 4.79 Å². The van der Waals surface area contributed by atoms with E-state index in [4.69, 9.17) is 5.73 Å². The lowest BCUT2D eigenvalue weighted by Crippen LogP contribution is -2.43. The minimum atomic E-state index is -0.152. The monoisotopic (exact) mass is 330 g/mol. The third kappa shape index (κ3) is 4.90. The molecule has 0 aromatic heterocycles. The van der Waals surface area contributed by atoms with Crippen LogP contribution in [-0.4, -0.2) is 17.2 Å². The van der Waals surface area contributed by atoms with Crippen LogP contribution in [0.4, 0.5) is 5.69 Å². The van der Waals surface area contributed by atoms with Crippen molar-refractivity contribution in [1.82, 2.24) is 5.32 Å². The zero-order chi connectivity index (χ0) is 13.8. The minimum absolute atomic E-state index is 0.0335. The number of hydrogen-bond donors (Lipinski definition) is 2. The molecule has 0 radical (unpaired) electrons. The number of benzene rings is 1. The third-order valence-electron chi connectivity index (χ3n) is 2.70. The van der Waals surface area contributed by atoms with E-state index < -0.39 is 0 Å². The van der Waals surface area contributed by atoms with Crippen molar-refractivity contribution in [2.45, 2.75) is 37.6 Å². The van der Waals surface area contributed by atoms with Crippen LogP contribution in [0.1, 0.15) is 27.2 Å². The van der Waals surface area contributed by atoms with Crippen LogP contribution >= 0.6 is 27.7 Å². The summed E-state index contributed by atoms with van der Waals surface area (Å²) in [6.07, 6.45) is 0.905. The molecule has 1 aromatic rings. The summed E-state index contributed by atoms with van der Waals surface area (Å²) in [5, 5.41) is 3.00. The molecule has 0 unspecified atom stereocenters. The summed E-state index contributed by atoms with van der Waals surface area (Å²) in [4.78, 5) is 12.7. The number of hydrogen-bond acceptors (Lipinski definition) is 3. The van der Waals surface area contributed by atoms with Gasteiger partial charge in [0.05, 0.1) is 5.75 Å². The molecule has 100 valence electrons. The second-order valence-electron chi connectivity index (χ2n) is 4.76. The van der Waals surface area contributed by atoms with Gasteiger partial charge >= 0.3 is 0 Å². The van der Waals surface area contributed by atoms with Crippen molar-refractivity contribution in [3.8, 4) is 0 Å². The number of rotatable bonds is 5. The second-order valence-corrected chi connectivity index (χ2v) is 6.69. The fraction of sp³-hybridized carbons (Fsp3) is 0.462. The van der Waals surface area contributed by atoms with Crippen LogP contribution in [0.2, 0.25) is 0 Å². The maximum atomic E-state index is 11.8. The van der Waals surface area contributed by atoms with Gasteiger partial charge in [0.25, 0.3) is 0 Å². The van der Waals surface area contributed by atoms with Gasteiger partial charge in [-0.15, -0.1) is 11.8 Å². The number of carbonyl (C=O) groups excluding carboxylic acids is 1. The molecule has 0 aliphatic rings. The Hall–Kier alpha value is -0.680. The predicted molar refractivity (Wildman–Crippen MR) is 81.8 cm³/mol. The molecule has 3 nitrogen and oxygen atoms in total. The molecule has 1 rings (SSSR count). The summed E-state index contributed by atoms with van der Waals surface area (Å²) in [6, 6.07) is 5.65. The van der Waals surface area contributed by atoms with Crippen molar-refractivity contribution in [2.24, 2.45) is 0 Å². The Balaban J connectivity index is 2.55. The van der Waals surface area contributed by atoms with E-state index in [0.29, 0.717) is 11.4 Å². The zero-order valence-corrected chi connectivity index (χ0v) is 13.3. The van der Waals surface area contributed by atoms with E-state index >= 15 is 0 Å². The van der Waals surface area contributed by atoms with Gasteiger partial charge in [-0.3, -0.25) is 4.79 Å². The molecular formula is C13H19BrN2OS. The molecule has 0 spiro atoms. The van der Waals surface area contributed by atoms with E-state index in [0.717, 1.165) is 15.8 Å². The fourth-order valence-corrected chi connectivity index (χ4v) is 2.59. The quantitative estimate of drug-likeness (QED) is 0.642. The van der Waals surface area contributed by atoms with Crippen LogP contribution in [0.25, 0.3) is 0 Å². The first kappa shape index (κ1) is 15.4.